The van der Waals surface area contributed by atoms with Gasteiger partial charge in [0.2, 0.25) is 0 Å². The summed E-state index contributed by atoms with van der Waals surface area (Å²) in [5.74, 6) is -0.0311. The molecule has 0 unspecified atom stereocenters. The van der Waals surface area contributed by atoms with Crippen molar-refractivity contribution in [1.29, 1.82) is 0 Å². The van der Waals surface area contributed by atoms with Crippen LogP contribution in [0.1, 0.15) is 16.7 Å². The Bertz CT molecular complexity index is 537. The first-order valence-corrected chi connectivity index (χ1v) is 6.36. The lowest BCUT2D eigenvalue weighted by atomic mass is 10.1. The summed E-state index contributed by atoms with van der Waals surface area (Å²) in [6.07, 6.45) is 0.869. The minimum atomic E-state index is -0.328. The van der Waals surface area contributed by atoms with Crippen molar-refractivity contribution in [1.82, 2.24) is 0 Å². The minimum Gasteiger partial charge on any atom is -0.486 e. The number of aryl methyl sites for hydroxylation is 1. The zero-order chi connectivity index (χ0) is 13.7. The van der Waals surface area contributed by atoms with Gasteiger partial charge in [-0.15, -0.1) is 0 Å². The van der Waals surface area contributed by atoms with E-state index in [1.807, 2.05) is 31.2 Å². The van der Waals surface area contributed by atoms with Crippen molar-refractivity contribution in [3.8, 4) is 5.75 Å². The van der Waals surface area contributed by atoms with Gasteiger partial charge in [-0.05, 0) is 48.7 Å². The second-order valence-electron chi connectivity index (χ2n) is 4.58. The van der Waals surface area contributed by atoms with Crippen LogP contribution in [0.4, 0.5) is 4.39 Å². The van der Waals surface area contributed by atoms with Crippen LogP contribution >= 0.6 is 0 Å². The number of halogens is 1. The van der Waals surface area contributed by atoms with E-state index < -0.39 is 0 Å². The summed E-state index contributed by atoms with van der Waals surface area (Å²) in [7, 11) is 0. The lowest BCUT2D eigenvalue weighted by molar-refractivity contribution is 0.290. The Morgan fingerprint density at radius 1 is 1.05 bits per heavy atom. The Morgan fingerprint density at radius 2 is 1.74 bits per heavy atom. The van der Waals surface area contributed by atoms with E-state index in [-0.39, 0.29) is 5.82 Å². The first-order valence-electron chi connectivity index (χ1n) is 6.36. The van der Waals surface area contributed by atoms with Gasteiger partial charge in [0.1, 0.15) is 6.61 Å². The third-order valence-corrected chi connectivity index (χ3v) is 2.94. The summed E-state index contributed by atoms with van der Waals surface area (Å²) >= 11 is 0. The fourth-order valence-electron chi connectivity index (χ4n) is 1.85. The van der Waals surface area contributed by atoms with Gasteiger partial charge in [0.05, 0.1) is 0 Å². The molecule has 0 aromatic heterocycles. The lowest BCUT2D eigenvalue weighted by Gasteiger charge is -2.08. The van der Waals surface area contributed by atoms with E-state index in [2.05, 4.69) is 0 Å². The number of hydrogen-bond acceptors (Lipinski definition) is 2. The van der Waals surface area contributed by atoms with Gasteiger partial charge in [-0.3, -0.25) is 0 Å². The summed E-state index contributed by atoms with van der Waals surface area (Å²) in [4.78, 5) is 0. The normalized spacial score (nSPS) is 10.5. The predicted molar refractivity (Wildman–Crippen MR) is 74.7 cm³/mol. The highest BCUT2D eigenvalue weighted by molar-refractivity contribution is 5.30. The molecule has 0 heterocycles. The SMILES string of the molecule is Cc1ccc(F)c(OCc2ccc(CCN)cc2)c1. The van der Waals surface area contributed by atoms with Gasteiger partial charge in [0.15, 0.2) is 11.6 Å². The van der Waals surface area contributed by atoms with E-state index in [9.17, 15) is 4.39 Å². The molecule has 19 heavy (non-hydrogen) atoms. The van der Waals surface area contributed by atoms with Gasteiger partial charge in [-0.2, -0.15) is 0 Å². The Kier molecular flexibility index (Phi) is 4.53. The molecule has 0 spiro atoms. The Morgan fingerprint density at radius 3 is 2.42 bits per heavy atom. The van der Waals surface area contributed by atoms with Crippen molar-refractivity contribution < 1.29 is 9.13 Å². The number of benzene rings is 2. The van der Waals surface area contributed by atoms with Crippen molar-refractivity contribution in [2.24, 2.45) is 5.73 Å². The summed E-state index contributed by atoms with van der Waals surface area (Å²) < 4.78 is 19.0. The Labute approximate surface area is 113 Å². The first-order chi connectivity index (χ1) is 9.19. The molecule has 2 nitrogen and oxygen atoms in total. The highest BCUT2D eigenvalue weighted by atomic mass is 19.1. The van der Waals surface area contributed by atoms with Crippen LogP contribution in [0.25, 0.3) is 0 Å². The van der Waals surface area contributed by atoms with Gasteiger partial charge in [0, 0.05) is 0 Å². The molecule has 2 rings (SSSR count). The van der Waals surface area contributed by atoms with E-state index in [0.717, 1.165) is 17.5 Å². The zero-order valence-electron chi connectivity index (χ0n) is 11.0. The number of nitrogens with two attached hydrogens (primary N) is 1. The fourth-order valence-corrected chi connectivity index (χ4v) is 1.85. The molecule has 0 radical (unpaired) electrons. The quantitative estimate of drug-likeness (QED) is 0.894. The van der Waals surface area contributed by atoms with Crippen LogP contribution in [0.3, 0.4) is 0 Å². The molecule has 2 aromatic carbocycles. The molecular formula is C16H18FNO. The van der Waals surface area contributed by atoms with Crippen LogP contribution in [0, 0.1) is 12.7 Å². The summed E-state index contributed by atoms with van der Waals surface area (Å²) in [5.41, 5.74) is 8.70. The Balaban J connectivity index is 2.00. The average molecular weight is 259 g/mol. The molecule has 0 aliphatic rings. The Hall–Kier alpha value is -1.87. The molecule has 0 bridgehead atoms. The molecule has 0 saturated carbocycles. The number of rotatable bonds is 5. The molecular weight excluding hydrogens is 241 g/mol. The van der Waals surface area contributed by atoms with E-state index in [1.165, 1.54) is 11.6 Å². The smallest absolute Gasteiger partial charge is 0.165 e. The number of hydrogen-bond donors (Lipinski definition) is 1. The maximum Gasteiger partial charge on any atom is 0.165 e. The molecule has 100 valence electrons. The van der Waals surface area contributed by atoms with Gasteiger partial charge in [-0.1, -0.05) is 30.3 Å². The van der Waals surface area contributed by atoms with E-state index in [4.69, 9.17) is 10.5 Å². The summed E-state index contributed by atoms with van der Waals surface area (Å²) in [5, 5.41) is 0. The third-order valence-electron chi connectivity index (χ3n) is 2.94. The second-order valence-corrected chi connectivity index (χ2v) is 4.58. The highest BCUT2D eigenvalue weighted by Crippen LogP contribution is 2.19. The molecule has 2 aromatic rings. The van der Waals surface area contributed by atoms with E-state index in [0.29, 0.717) is 18.9 Å². The molecule has 0 atom stereocenters. The number of ether oxygens (including phenoxy) is 1. The maximum absolute atomic E-state index is 13.5. The largest absolute Gasteiger partial charge is 0.486 e. The van der Waals surface area contributed by atoms with Crippen molar-refractivity contribution in [2.45, 2.75) is 20.0 Å². The van der Waals surface area contributed by atoms with Crippen molar-refractivity contribution in [3.05, 3.63) is 65.0 Å². The van der Waals surface area contributed by atoms with Crippen molar-refractivity contribution in [2.75, 3.05) is 6.54 Å². The second kappa shape index (κ2) is 6.34. The van der Waals surface area contributed by atoms with Gasteiger partial charge < -0.3 is 10.5 Å². The van der Waals surface area contributed by atoms with Crippen molar-refractivity contribution >= 4 is 0 Å². The molecule has 2 N–H and O–H groups in total. The van der Waals surface area contributed by atoms with E-state index in [1.54, 1.807) is 12.1 Å². The van der Waals surface area contributed by atoms with Gasteiger partial charge in [-0.25, -0.2) is 4.39 Å². The van der Waals surface area contributed by atoms with E-state index >= 15 is 0 Å². The highest BCUT2D eigenvalue weighted by Gasteiger charge is 2.03. The molecule has 0 aliphatic carbocycles. The molecule has 0 amide bonds. The standard InChI is InChI=1S/C16H18FNO/c1-12-2-7-15(17)16(10-12)19-11-14-5-3-13(4-6-14)8-9-18/h2-7,10H,8-9,11,18H2,1H3. The summed E-state index contributed by atoms with van der Waals surface area (Å²) in [6, 6.07) is 12.9. The minimum absolute atomic E-state index is 0.297. The van der Waals surface area contributed by atoms with Crippen LogP contribution in [0.5, 0.6) is 5.75 Å². The van der Waals surface area contributed by atoms with Crippen molar-refractivity contribution in [3.63, 3.8) is 0 Å². The average Bonchev–Trinajstić information content (AvgIpc) is 2.42. The lowest BCUT2D eigenvalue weighted by Crippen LogP contribution is -2.03. The fraction of sp³-hybridized carbons (Fsp3) is 0.250. The van der Waals surface area contributed by atoms with Crippen LogP contribution in [0.15, 0.2) is 42.5 Å². The van der Waals surface area contributed by atoms with Crippen LogP contribution in [-0.2, 0) is 13.0 Å². The van der Waals surface area contributed by atoms with Crippen LogP contribution in [-0.4, -0.2) is 6.54 Å². The monoisotopic (exact) mass is 259 g/mol. The first kappa shape index (κ1) is 13.6. The maximum atomic E-state index is 13.5. The molecule has 3 heteroatoms. The predicted octanol–water partition coefficient (Wildman–Crippen LogP) is 3.21. The molecule has 0 aliphatic heterocycles. The molecule has 0 fully saturated rings. The molecule has 0 saturated heterocycles. The summed E-state index contributed by atoms with van der Waals surface area (Å²) in [6.45, 7) is 2.92. The van der Waals surface area contributed by atoms with Crippen LogP contribution in [0.2, 0.25) is 0 Å². The topological polar surface area (TPSA) is 35.2 Å². The van der Waals surface area contributed by atoms with Gasteiger partial charge >= 0.3 is 0 Å². The van der Waals surface area contributed by atoms with Gasteiger partial charge in [0.25, 0.3) is 0 Å². The third kappa shape index (κ3) is 3.80. The zero-order valence-corrected chi connectivity index (χ0v) is 11.0. The van der Waals surface area contributed by atoms with Crippen LogP contribution < -0.4 is 10.5 Å².